The molecule has 9 heteroatoms. The van der Waals surface area contributed by atoms with E-state index >= 15 is 0 Å². The van der Waals surface area contributed by atoms with Gasteiger partial charge in [0.15, 0.2) is 6.61 Å². The molecule has 0 bridgehead atoms. The van der Waals surface area contributed by atoms with E-state index in [4.69, 9.17) is 20.8 Å². The predicted molar refractivity (Wildman–Crippen MR) is 113 cm³/mol. The van der Waals surface area contributed by atoms with Crippen LogP contribution in [0.15, 0.2) is 75.1 Å². The SMILES string of the molecule is O=C(OCC(=O)N1N=C(c2ccc(Cl)cc2)CC1c1ccco1)c1cncc(Br)c1. The minimum Gasteiger partial charge on any atom is -0.467 e. The van der Waals surface area contributed by atoms with Crippen molar-refractivity contribution in [2.75, 3.05) is 6.61 Å². The van der Waals surface area contributed by atoms with E-state index in [1.54, 1.807) is 42.8 Å². The van der Waals surface area contributed by atoms with Crippen LogP contribution in [0.1, 0.15) is 34.1 Å². The quantitative estimate of drug-likeness (QED) is 0.489. The molecule has 0 aliphatic carbocycles. The number of hydrogen-bond donors (Lipinski definition) is 0. The number of benzene rings is 1. The first-order chi connectivity index (χ1) is 14.5. The molecule has 1 atom stereocenters. The number of hydrogen-bond acceptors (Lipinski definition) is 6. The number of carbonyl (C=O) groups is 2. The molecular formula is C21H15BrClN3O4. The van der Waals surface area contributed by atoms with E-state index in [1.165, 1.54) is 11.2 Å². The summed E-state index contributed by atoms with van der Waals surface area (Å²) in [5, 5.41) is 6.39. The third-order valence-corrected chi connectivity index (χ3v) is 5.17. The summed E-state index contributed by atoms with van der Waals surface area (Å²) in [6, 6.07) is 11.9. The van der Waals surface area contributed by atoms with Gasteiger partial charge in [-0.2, -0.15) is 5.10 Å². The second-order valence-corrected chi connectivity index (χ2v) is 7.85. The topological polar surface area (TPSA) is 85.0 Å². The molecule has 1 amide bonds. The number of aromatic nitrogens is 1. The van der Waals surface area contributed by atoms with Gasteiger partial charge in [-0.1, -0.05) is 23.7 Å². The van der Waals surface area contributed by atoms with Crippen LogP contribution in [-0.2, 0) is 9.53 Å². The van der Waals surface area contributed by atoms with Crippen LogP contribution in [0.4, 0.5) is 0 Å². The molecule has 0 saturated heterocycles. The van der Waals surface area contributed by atoms with Crippen molar-refractivity contribution >= 4 is 45.1 Å². The Morgan fingerprint density at radius 1 is 1.23 bits per heavy atom. The van der Waals surface area contributed by atoms with Crippen molar-refractivity contribution < 1.29 is 18.7 Å². The highest BCUT2D eigenvalue weighted by Crippen LogP contribution is 2.33. The summed E-state index contributed by atoms with van der Waals surface area (Å²) in [5.74, 6) is -0.511. The molecule has 1 aliphatic heterocycles. The molecule has 152 valence electrons. The van der Waals surface area contributed by atoms with Crippen LogP contribution in [0.3, 0.4) is 0 Å². The maximum absolute atomic E-state index is 12.8. The lowest BCUT2D eigenvalue weighted by Gasteiger charge is -2.19. The van der Waals surface area contributed by atoms with Gasteiger partial charge in [0.25, 0.3) is 5.91 Å². The van der Waals surface area contributed by atoms with Crippen molar-refractivity contribution in [3.63, 3.8) is 0 Å². The van der Waals surface area contributed by atoms with Crippen LogP contribution < -0.4 is 0 Å². The molecule has 2 aromatic heterocycles. The largest absolute Gasteiger partial charge is 0.467 e. The molecule has 0 N–H and O–H groups in total. The molecule has 4 rings (SSSR count). The molecular weight excluding hydrogens is 474 g/mol. The van der Waals surface area contributed by atoms with E-state index in [1.807, 2.05) is 12.1 Å². The number of rotatable bonds is 5. The molecule has 1 aliphatic rings. The lowest BCUT2D eigenvalue weighted by molar-refractivity contribution is -0.136. The van der Waals surface area contributed by atoms with Gasteiger partial charge in [-0.15, -0.1) is 0 Å². The number of carbonyl (C=O) groups excluding carboxylic acids is 2. The summed E-state index contributed by atoms with van der Waals surface area (Å²) in [5.41, 5.74) is 1.80. The predicted octanol–water partition coefficient (Wildman–Crippen LogP) is 4.63. The molecule has 1 aromatic carbocycles. The van der Waals surface area contributed by atoms with Crippen molar-refractivity contribution in [1.82, 2.24) is 9.99 Å². The molecule has 0 radical (unpaired) electrons. The van der Waals surface area contributed by atoms with E-state index in [0.717, 1.165) is 5.56 Å². The Kier molecular flexibility index (Phi) is 5.96. The molecule has 3 aromatic rings. The van der Waals surface area contributed by atoms with Gasteiger partial charge in [0.2, 0.25) is 0 Å². The normalized spacial score (nSPS) is 15.7. The number of amides is 1. The summed E-state index contributed by atoms with van der Waals surface area (Å²) >= 11 is 9.21. The Bertz CT molecular complexity index is 1100. The van der Waals surface area contributed by atoms with E-state index in [0.29, 0.717) is 27.4 Å². The Hall–Kier alpha value is -2.97. The van der Waals surface area contributed by atoms with E-state index < -0.39 is 24.5 Å². The van der Waals surface area contributed by atoms with Gasteiger partial charge in [0, 0.05) is 28.3 Å². The zero-order valence-corrected chi connectivity index (χ0v) is 17.8. The average Bonchev–Trinajstić information content (AvgIpc) is 3.42. The summed E-state index contributed by atoms with van der Waals surface area (Å²) in [6.45, 7) is -0.458. The first-order valence-electron chi connectivity index (χ1n) is 8.98. The highest BCUT2D eigenvalue weighted by atomic mass is 79.9. The number of esters is 1. The number of furan rings is 1. The van der Waals surface area contributed by atoms with E-state index in [9.17, 15) is 9.59 Å². The van der Waals surface area contributed by atoms with Gasteiger partial charge in [0.1, 0.15) is 11.8 Å². The first kappa shape index (κ1) is 20.3. The summed E-state index contributed by atoms with van der Waals surface area (Å²) < 4.78 is 11.3. The zero-order valence-electron chi connectivity index (χ0n) is 15.5. The van der Waals surface area contributed by atoms with Crippen LogP contribution in [0.25, 0.3) is 0 Å². The Morgan fingerprint density at radius 2 is 2.03 bits per heavy atom. The van der Waals surface area contributed by atoms with Crippen LogP contribution >= 0.6 is 27.5 Å². The number of pyridine rings is 1. The molecule has 30 heavy (non-hydrogen) atoms. The fraction of sp³-hybridized carbons (Fsp3) is 0.143. The lowest BCUT2D eigenvalue weighted by Crippen LogP contribution is -2.31. The second-order valence-electron chi connectivity index (χ2n) is 6.50. The van der Waals surface area contributed by atoms with Gasteiger partial charge in [-0.3, -0.25) is 9.78 Å². The summed E-state index contributed by atoms with van der Waals surface area (Å²) in [7, 11) is 0. The lowest BCUT2D eigenvalue weighted by atomic mass is 10.0. The van der Waals surface area contributed by atoms with Gasteiger partial charge < -0.3 is 9.15 Å². The standard InChI is InChI=1S/C21H15BrClN3O4/c22-15-8-14(10-24-11-15)21(28)30-12-20(27)26-18(19-2-1-7-29-19)9-17(25-26)13-3-5-16(23)6-4-13/h1-8,10-11,18H,9,12H2. The molecule has 0 saturated carbocycles. The van der Waals surface area contributed by atoms with Crippen LogP contribution in [-0.4, -0.2) is 34.2 Å². The molecule has 0 spiro atoms. The fourth-order valence-electron chi connectivity index (χ4n) is 3.06. The van der Waals surface area contributed by atoms with Gasteiger partial charge in [-0.25, -0.2) is 9.80 Å². The van der Waals surface area contributed by atoms with Crippen molar-refractivity contribution in [3.8, 4) is 0 Å². The number of nitrogens with zero attached hydrogens (tertiary/aromatic N) is 3. The highest BCUT2D eigenvalue weighted by molar-refractivity contribution is 9.10. The molecule has 0 fully saturated rings. The third kappa shape index (κ3) is 4.44. The van der Waals surface area contributed by atoms with Crippen LogP contribution in [0.5, 0.6) is 0 Å². The molecule has 1 unspecified atom stereocenters. The minimum absolute atomic E-state index is 0.242. The maximum Gasteiger partial charge on any atom is 0.340 e. The fourth-order valence-corrected chi connectivity index (χ4v) is 3.55. The van der Waals surface area contributed by atoms with Crippen molar-refractivity contribution in [3.05, 3.63) is 87.5 Å². The zero-order chi connectivity index (χ0) is 21.1. The third-order valence-electron chi connectivity index (χ3n) is 4.48. The van der Waals surface area contributed by atoms with Gasteiger partial charge >= 0.3 is 5.97 Å². The monoisotopic (exact) mass is 487 g/mol. The Balaban J connectivity index is 1.51. The number of hydrazone groups is 1. The minimum atomic E-state index is -0.646. The van der Waals surface area contributed by atoms with Crippen LogP contribution in [0.2, 0.25) is 5.02 Å². The average molecular weight is 489 g/mol. The maximum atomic E-state index is 12.8. The van der Waals surface area contributed by atoms with Gasteiger partial charge in [-0.05, 0) is 51.8 Å². The highest BCUT2D eigenvalue weighted by Gasteiger charge is 2.35. The molecule has 7 nitrogen and oxygen atoms in total. The van der Waals surface area contributed by atoms with E-state index in [2.05, 4.69) is 26.0 Å². The summed E-state index contributed by atoms with van der Waals surface area (Å²) in [6.07, 6.45) is 4.92. The second kappa shape index (κ2) is 8.81. The molecule has 3 heterocycles. The smallest absolute Gasteiger partial charge is 0.340 e. The van der Waals surface area contributed by atoms with Crippen LogP contribution in [0, 0.1) is 0 Å². The Labute approximate surface area is 185 Å². The number of halogens is 2. The summed E-state index contributed by atoms with van der Waals surface area (Å²) in [4.78, 5) is 29.0. The van der Waals surface area contributed by atoms with Crippen molar-refractivity contribution in [2.24, 2.45) is 5.10 Å². The Morgan fingerprint density at radius 3 is 2.73 bits per heavy atom. The number of ether oxygens (including phenoxy) is 1. The van der Waals surface area contributed by atoms with E-state index in [-0.39, 0.29) is 5.56 Å². The van der Waals surface area contributed by atoms with Crippen molar-refractivity contribution in [1.29, 1.82) is 0 Å². The van der Waals surface area contributed by atoms with Gasteiger partial charge in [0.05, 0.1) is 17.5 Å². The first-order valence-corrected chi connectivity index (χ1v) is 10.1. The van der Waals surface area contributed by atoms with Crippen molar-refractivity contribution in [2.45, 2.75) is 12.5 Å².